The van der Waals surface area contributed by atoms with Crippen LogP contribution in [0.15, 0.2) is 33.9 Å². The summed E-state index contributed by atoms with van der Waals surface area (Å²) in [6.07, 6.45) is 0.432. The van der Waals surface area contributed by atoms with Crippen LogP contribution >= 0.6 is 11.3 Å². The topological polar surface area (TPSA) is 137 Å². The number of anilines is 1. The highest BCUT2D eigenvalue weighted by Gasteiger charge is 2.19. The quantitative estimate of drug-likeness (QED) is 0.466. The van der Waals surface area contributed by atoms with E-state index in [0.29, 0.717) is 6.42 Å². The fourth-order valence-corrected chi connectivity index (χ4v) is 3.40. The van der Waals surface area contributed by atoms with Crippen LogP contribution in [0, 0.1) is 0 Å². The Balaban J connectivity index is 1.59. The third-order valence-corrected chi connectivity index (χ3v) is 4.99. The first-order valence-electron chi connectivity index (χ1n) is 7.99. The highest BCUT2D eigenvalue weighted by atomic mass is 32.1. The first-order valence-corrected chi connectivity index (χ1v) is 8.80. The van der Waals surface area contributed by atoms with Crippen molar-refractivity contribution in [2.75, 3.05) is 12.3 Å². The van der Waals surface area contributed by atoms with Crippen molar-refractivity contribution in [1.29, 1.82) is 0 Å². The molecular formula is C17H16N4O5S. The lowest BCUT2D eigenvalue weighted by molar-refractivity contribution is -0.142. The molecule has 0 aliphatic carbocycles. The Hall–Kier alpha value is -3.27. The van der Waals surface area contributed by atoms with Gasteiger partial charge in [0, 0.05) is 13.5 Å². The van der Waals surface area contributed by atoms with Gasteiger partial charge in [0.15, 0.2) is 6.61 Å². The van der Waals surface area contributed by atoms with E-state index in [4.69, 9.17) is 10.5 Å². The van der Waals surface area contributed by atoms with Crippen LogP contribution < -0.4 is 17.0 Å². The summed E-state index contributed by atoms with van der Waals surface area (Å²) in [6.45, 7) is -0.635. The SMILES string of the molecule is Cn1c(N)c(C(=O)COC(=O)CCc2nc3ccccc3s2)c(=O)[nH]c1=O. The van der Waals surface area contributed by atoms with Crippen molar-refractivity contribution in [1.82, 2.24) is 14.5 Å². The third-order valence-electron chi connectivity index (χ3n) is 3.89. The number of para-hydroxylation sites is 1. The van der Waals surface area contributed by atoms with Crippen molar-refractivity contribution in [2.45, 2.75) is 12.8 Å². The molecule has 27 heavy (non-hydrogen) atoms. The van der Waals surface area contributed by atoms with Crippen LogP contribution in [0.1, 0.15) is 21.8 Å². The van der Waals surface area contributed by atoms with Gasteiger partial charge in [-0.2, -0.15) is 0 Å². The maximum absolute atomic E-state index is 12.1. The van der Waals surface area contributed by atoms with E-state index >= 15 is 0 Å². The zero-order chi connectivity index (χ0) is 19.6. The molecule has 3 N–H and O–H groups in total. The van der Waals surface area contributed by atoms with Gasteiger partial charge in [-0.15, -0.1) is 11.3 Å². The van der Waals surface area contributed by atoms with Crippen LogP contribution in [0.2, 0.25) is 0 Å². The van der Waals surface area contributed by atoms with Gasteiger partial charge in [0.05, 0.1) is 21.6 Å². The molecule has 140 valence electrons. The Morgan fingerprint density at radius 3 is 2.78 bits per heavy atom. The predicted molar refractivity (Wildman–Crippen MR) is 99.9 cm³/mol. The Kier molecular flexibility index (Phi) is 5.17. The number of hydrogen-bond donors (Lipinski definition) is 2. The number of Topliss-reactive ketones (excluding diaryl/α,β-unsaturated/α-hetero) is 1. The predicted octanol–water partition coefficient (Wildman–Crippen LogP) is 0.624. The van der Waals surface area contributed by atoms with E-state index in [1.54, 1.807) is 0 Å². The number of hydrogen-bond acceptors (Lipinski definition) is 8. The molecule has 0 aliphatic heterocycles. The second kappa shape index (κ2) is 7.54. The number of nitrogen functional groups attached to an aromatic ring is 1. The lowest BCUT2D eigenvalue weighted by Crippen LogP contribution is -2.35. The van der Waals surface area contributed by atoms with Crippen molar-refractivity contribution >= 4 is 39.1 Å². The number of ether oxygens (including phenoxy) is 1. The first kappa shape index (κ1) is 18.5. The van der Waals surface area contributed by atoms with Gasteiger partial charge >= 0.3 is 11.7 Å². The molecule has 0 unspecified atom stereocenters. The molecule has 0 saturated carbocycles. The molecule has 1 aromatic carbocycles. The fourth-order valence-electron chi connectivity index (χ4n) is 2.43. The summed E-state index contributed by atoms with van der Waals surface area (Å²) >= 11 is 1.49. The van der Waals surface area contributed by atoms with Gasteiger partial charge in [0.2, 0.25) is 5.78 Å². The molecule has 3 rings (SSSR count). The third kappa shape index (κ3) is 3.95. The van der Waals surface area contributed by atoms with Crippen molar-refractivity contribution in [2.24, 2.45) is 7.05 Å². The Morgan fingerprint density at radius 2 is 2.04 bits per heavy atom. The number of esters is 1. The smallest absolute Gasteiger partial charge is 0.329 e. The summed E-state index contributed by atoms with van der Waals surface area (Å²) in [6, 6.07) is 7.64. The lowest BCUT2D eigenvalue weighted by atomic mass is 10.2. The molecule has 2 heterocycles. The molecule has 0 atom stereocenters. The van der Waals surface area contributed by atoms with E-state index < -0.39 is 35.2 Å². The number of nitrogens with zero attached hydrogens (tertiary/aromatic N) is 2. The van der Waals surface area contributed by atoms with Gasteiger partial charge in [-0.1, -0.05) is 12.1 Å². The summed E-state index contributed by atoms with van der Waals surface area (Å²) < 4.78 is 6.89. The number of aromatic amines is 1. The summed E-state index contributed by atoms with van der Waals surface area (Å²) in [5.41, 5.74) is 4.45. The first-order chi connectivity index (χ1) is 12.9. The van der Waals surface area contributed by atoms with E-state index in [0.717, 1.165) is 19.8 Å². The summed E-state index contributed by atoms with van der Waals surface area (Å²) in [5, 5.41) is 0.790. The van der Waals surface area contributed by atoms with E-state index in [9.17, 15) is 19.2 Å². The zero-order valence-electron chi connectivity index (χ0n) is 14.4. The van der Waals surface area contributed by atoms with Gasteiger partial charge in [-0.05, 0) is 12.1 Å². The van der Waals surface area contributed by atoms with Crippen LogP contribution in [-0.4, -0.2) is 32.9 Å². The van der Waals surface area contributed by atoms with Crippen molar-refractivity contribution in [3.63, 3.8) is 0 Å². The number of fused-ring (bicyclic) bond motifs is 1. The van der Waals surface area contributed by atoms with Crippen LogP contribution in [0.4, 0.5) is 5.82 Å². The number of ketones is 1. The Labute approximate surface area is 156 Å². The fraction of sp³-hybridized carbons (Fsp3) is 0.235. The average molecular weight is 388 g/mol. The van der Waals surface area contributed by atoms with Crippen LogP contribution in [0.5, 0.6) is 0 Å². The standard InChI is InChI=1S/C17H16N4O5S/c1-21-15(18)14(16(24)20-17(21)25)10(22)8-26-13(23)7-6-12-19-9-4-2-3-5-11(9)27-12/h2-5H,6-8,18H2,1H3,(H,20,24,25). The van der Waals surface area contributed by atoms with E-state index in [1.807, 2.05) is 29.2 Å². The molecule has 0 bridgehead atoms. The van der Waals surface area contributed by atoms with Crippen molar-refractivity contribution < 1.29 is 14.3 Å². The number of nitrogens with two attached hydrogens (primary N) is 1. The number of nitrogens with one attached hydrogen (secondary N) is 1. The molecule has 2 aromatic heterocycles. The van der Waals surface area contributed by atoms with Crippen LogP contribution in [-0.2, 0) is 23.0 Å². The van der Waals surface area contributed by atoms with Crippen molar-refractivity contribution in [3.8, 4) is 0 Å². The summed E-state index contributed by atoms with van der Waals surface area (Å²) in [5.74, 6) is -1.65. The molecule has 0 fully saturated rings. The van der Waals surface area contributed by atoms with Gasteiger partial charge in [-0.3, -0.25) is 23.9 Å². The number of carbonyl (C=O) groups is 2. The maximum atomic E-state index is 12.1. The molecular weight excluding hydrogens is 372 g/mol. The van der Waals surface area contributed by atoms with Gasteiger partial charge in [0.25, 0.3) is 5.56 Å². The number of aromatic nitrogens is 3. The van der Waals surface area contributed by atoms with E-state index in [2.05, 4.69) is 4.98 Å². The second-order valence-corrected chi connectivity index (χ2v) is 6.85. The Morgan fingerprint density at radius 1 is 1.30 bits per heavy atom. The highest BCUT2D eigenvalue weighted by molar-refractivity contribution is 7.18. The van der Waals surface area contributed by atoms with E-state index in [1.165, 1.54) is 18.4 Å². The molecule has 3 aromatic rings. The van der Waals surface area contributed by atoms with Crippen LogP contribution in [0.25, 0.3) is 10.2 Å². The highest BCUT2D eigenvalue weighted by Crippen LogP contribution is 2.22. The molecule has 0 radical (unpaired) electrons. The lowest BCUT2D eigenvalue weighted by Gasteiger charge is -2.08. The minimum atomic E-state index is -0.911. The summed E-state index contributed by atoms with van der Waals surface area (Å²) in [4.78, 5) is 53.6. The zero-order valence-corrected chi connectivity index (χ0v) is 15.2. The maximum Gasteiger partial charge on any atom is 0.329 e. The van der Waals surface area contributed by atoms with Crippen LogP contribution in [0.3, 0.4) is 0 Å². The van der Waals surface area contributed by atoms with Gasteiger partial charge in [-0.25, -0.2) is 9.78 Å². The molecule has 0 amide bonds. The number of benzene rings is 1. The molecule has 0 aliphatic rings. The number of thiazole rings is 1. The second-order valence-electron chi connectivity index (χ2n) is 5.74. The number of H-pyrrole nitrogens is 1. The average Bonchev–Trinajstić information content (AvgIpc) is 3.06. The monoisotopic (exact) mass is 388 g/mol. The van der Waals surface area contributed by atoms with Crippen molar-refractivity contribution in [3.05, 3.63) is 55.7 Å². The summed E-state index contributed by atoms with van der Waals surface area (Å²) in [7, 11) is 1.31. The number of carbonyl (C=O) groups excluding carboxylic acids is 2. The molecule has 0 spiro atoms. The Bertz CT molecular complexity index is 1110. The van der Waals surface area contributed by atoms with Gasteiger partial charge < -0.3 is 10.5 Å². The number of aryl methyl sites for hydroxylation is 1. The minimum absolute atomic E-state index is 0.0478. The molecule has 0 saturated heterocycles. The number of rotatable bonds is 6. The van der Waals surface area contributed by atoms with Gasteiger partial charge in [0.1, 0.15) is 11.4 Å². The minimum Gasteiger partial charge on any atom is -0.457 e. The molecule has 9 nitrogen and oxygen atoms in total. The van der Waals surface area contributed by atoms with E-state index in [-0.39, 0.29) is 12.2 Å². The molecule has 10 heteroatoms. The normalized spacial score (nSPS) is 10.9. The largest absolute Gasteiger partial charge is 0.457 e.